The van der Waals surface area contributed by atoms with E-state index in [2.05, 4.69) is 15.5 Å². The summed E-state index contributed by atoms with van der Waals surface area (Å²) in [7, 11) is 1.40. The number of furan rings is 1. The molecule has 0 atom stereocenters. The summed E-state index contributed by atoms with van der Waals surface area (Å²) in [4.78, 5) is 11.7. The topological polar surface area (TPSA) is 104 Å². The molecule has 0 saturated heterocycles. The van der Waals surface area contributed by atoms with Crippen LogP contribution in [0.15, 0.2) is 27.7 Å². The van der Waals surface area contributed by atoms with Crippen LogP contribution in [-0.2, 0) is 13.7 Å². The Labute approximate surface area is 112 Å². The number of tetrazole rings is 1. The number of nitrogens with one attached hydrogen (secondary N) is 1. The second-order valence-electron chi connectivity index (χ2n) is 3.82. The molecule has 0 saturated carbocycles. The number of hydrogen-bond acceptors (Lipinski definition) is 6. The molecule has 3 rings (SSSR count). The molecular formula is C10H9FN6O3. The number of aromatic amines is 1. The lowest BCUT2D eigenvalue weighted by atomic mass is 10.3. The van der Waals surface area contributed by atoms with E-state index in [1.54, 1.807) is 0 Å². The van der Waals surface area contributed by atoms with Crippen molar-refractivity contribution < 1.29 is 15.0 Å². The molecule has 104 valence electrons. The van der Waals surface area contributed by atoms with Crippen molar-refractivity contribution in [1.82, 2.24) is 30.0 Å². The van der Waals surface area contributed by atoms with E-state index >= 15 is 0 Å². The van der Waals surface area contributed by atoms with Crippen molar-refractivity contribution in [2.75, 3.05) is 0 Å². The Balaban J connectivity index is 1.90. The zero-order valence-electron chi connectivity index (χ0n) is 11.2. The summed E-state index contributed by atoms with van der Waals surface area (Å²) in [5.41, 5.74) is -0.585. The van der Waals surface area contributed by atoms with Gasteiger partial charge < -0.3 is 9.15 Å². The minimum Gasteiger partial charge on any atom is -0.471 e. The molecule has 0 unspecified atom stereocenters. The second kappa shape index (κ2) is 4.64. The zero-order chi connectivity index (χ0) is 15.0. The van der Waals surface area contributed by atoms with E-state index in [1.165, 1.54) is 19.3 Å². The number of aryl methyl sites for hydroxylation is 1. The molecular weight excluding hydrogens is 271 g/mol. The molecule has 0 spiro atoms. The van der Waals surface area contributed by atoms with Crippen molar-refractivity contribution in [3.05, 3.63) is 40.4 Å². The minimum absolute atomic E-state index is 0.00266. The fourth-order valence-electron chi connectivity index (χ4n) is 1.55. The summed E-state index contributed by atoms with van der Waals surface area (Å²) in [6.45, 7) is -0.238. The predicted octanol–water partition coefficient (Wildman–Crippen LogP) is 0.000200. The van der Waals surface area contributed by atoms with Crippen LogP contribution in [0.2, 0.25) is 1.41 Å². The molecule has 3 aromatic rings. The van der Waals surface area contributed by atoms with Gasteiger partial charge in [-0.05, 0) is 10.4 Å². The molecule has 0 amide bonds. The Hall–Kier alpha value is -2.91. The van der Waals surface area contributed by atoms with E-state index < -0.39 is 11.5 Å². The van der Waals surface area contributed by atoms with Crippen LogP contribution in [0, 0.1) is 5.82 Å². The van der Waals surface area contributed by atoms with Gasteiger partial charge in [-0.15, -0.1) is 9.78 Å². The Morgan fingerprint density at radius 3 is 3.10 bits per heavy atom. The highest BCUT2D eigenvalue weighted by Gasteiger charge is 2.20. The standard InChI is InChI=1S/C10H9FN6O3/c1-16-10(18)17(15-14-16)9-6(7(11)5-20-9)4-19-8-2-3-12-13-8/h2-3,5H,4H2,1H3,(H,12,13)/i/hT. The van der Waals surface area contributed by atoms with Crippen molar-refractivity contribution >= 4 is 0 Å². The van der Waals surface area contributed by atoms with E-state index in [0.29, 0.717) is 0 Å². The third-order valence-electron chi connectivity index (χ3n) is 2.54. The van der Waals surface area contributed by atoms with E-state index in [-0.39, 0.29) is 23.9 Å². The molecule has 0 aromatic carbocycles. The van der Waals surface area contributed by atoms with Gasteiger partial charge in [-0.1, -0.05) is 0 Å². The van der Waals surface area contributed by atoms with Crippen LogP contribution in [0.25, 0.3) is 5.88 Å². The average molecular weight is 282 g/mol. The highest BCUT2D eigenvalue weighted by molar-refractivity contribution is 5.30. The van der Waals surface area contributed by atoms with E-state index in [0.717, 1.165) is 20.7 Å². The minimum atomic E-state index is -0.687. The van der Waals surface area contributed by atoms with Gasteiger partial charge >= 0.3 is 5.69 Å². The lowest BCUT2D eigenvalue weighted by molar-refractivity contribution is 0.286. The number of aromatic nitrogens is 6. The summed E-state index contributed by atoms with van der Waals surface area (Å²) in [6.07, 6.45) is 2.20. The van der Waals surface area contributed by atoms with Crippen molar-refractivity contribution in [3.8, 4) is 11.8 Å². The predicted molar refractivity (Wildman–Crippen MR) is 61.7 cm³/mol. The molecule has 0 aliphatic rings. The SMILES string of the molecule is [3H]n1ccc(OCc2c(F)coc2-n2nnn(C)c2=O)n1. The van der Waals surface area contributed by atoms with Gasteiger partial charge in [-0.3, -0.25) is 5.09 Å². The van der Waals surface area contributed by atoms with Gasteiger partial charge in [0.1, 0.15) is 12.9 Å². The number of rotatable bonds is 4. The van der Waals surface area contributed by atoms with Gasteiger partial charge in [0.15, 0.2) is 7.23 Å². The quantitative estimate of drug-likeness (QED) is 0.722. The number of H-pyrrole nitrogens is 1. The number of halogens is 1. The highest BCUT2D eigenvalue weighted by atomic mass is 19.1. The fourth-order valence-corrected chi connectivity index (χ4v) is 1.55. The molecule has 0 aliphatic heterocycles. The van der Waals surface area contributed by atoms with Gasteiger partial charge in [0.05, 0.1) is 5.56 Å². The molecule has 0 radical (unpaired) electrons. The zero-order valence-corrected chi connectivity index (χ0v) is 10.2. The van der Waals surface area contributed by atoms with E-state index in [4.69, 9.17) is 10.6 Å². The van der Waals surface area contributed by atoms with E-state index in [1.807, 2.05) is 0 Å². The molecule has 3 heterocycles. The fraction of sp³-hybridized carbons (Fsp3) is 0.200. The molecule has 0 fully saturated rings. The maximum atomic E-state index is 13.7. The molecule has 9 nitrogen and oxygen atoms in total. The molecule has 0 aliphatic carbocycles. The molecule has 20 heavy (non-hydrogen) atoms. The average Bonchev–Trinajstić information content (AvgIpc) is 3.11. The summed E-state index contributed by atoms with van der Waals surface area (Å²) in [5.74, 6) is -0.660. The van der Waals surface area contributed by atoms with Crippen LogP contribution in [0.1, 0.15) is 5.56 Å². The van der Waals surface area contributed by atoms with Gasteiger partial charge in [0.25, 0.3) is 0 Å². The molecule has 10 heteroatoms. The van der Waals surface area contributed by atoms with Crippen molar-refractivity contribution in [2.24, 2.45) is 7.05 Å². The smallest absolute Gasteiger partial charge is 0.370 e. The van der Waals surface area contributed by atoms with Gasteiger partial charge in [-0.2, -0.15) is 4.68 Å². The van der Waals surface area contributed by atoms with Crippen LogP contribution in [0.4, 0.5) is 4.39 Å². The maximum Gasteiger partial charge on any atom is 0.370 e. The van der Waals surface area contributed by atoms with Crippen LogP contribution >= 0.6 is 0 Å². The highest BCUT2D eigenvalue weighted by Crippen LogP contribution is 2.20. The first-order valence-electron chi connectivity index (χ1n) is 5.94. The van der Waals surface area contributed by atoms with Crippen LogP contribution in [0.5, 0.6) is 5.88 Å². The van der Waals surface area contributed by atoms with Crippen molar-refractivity contribution in [2.45, 2.75) is 6.61 Å². The molecule has 0 bridgehead atoms. The van der Waals surface area contributed by atoms with Crippen molar-refractivity contribution in [1.29, 1.82) is 0 Å². The third kappa shape index (κ3) is 1.96. The maximum absolute atomic E-state index is 13.7. The van der Waals surface area contributed by atoms with Gasteiger partial charge in [0.2, 0.25) is 11.8 Å². The van der Waals surface area contributed by atoms with Gasteiger partial charge in [0, 0.05) is 19.3 Å². The normalized spacial score (nSPS) is 11.6. The lowest BCUT2D eigenvalue weighted by Gasteiger charge is -2.02. The van der Waals surface area contributed by atoms with Gasteiger partial charge in [-0.25, -0.2) is 9.18 Å². The summed E-state index contributed by atoms with van der Waals surface area (Å²) in [6, 6.07) is 1.44. The third-order valence-corrected chi connectivity index (χ3v) is 2.54. The van der Waals surface area contributed by atoms with Crippen LogP contribution < -0.4 is 10.4 Å². The van der Waals surface area contributed by atoms with E-state index in [9.17, 15) is 9.18 Å². The second-order valence-corrected chi connectivity index (χ2v) is 3.82. The number of nitrogens with zero attached hydrogens (tertiary/aromatic N) is 5. The Morgan fingerprint density at radius 1 is 1.60 bits per heavy atom. The van der Waals surface area contributed by atoms with Crippen LogP contribution in [-0.4, -0.2) is 30.0 Å². The number of hydrogen-bond donors (Lipinski definition) is 1. The summed E-state index contributed by atoms with van der Waals surface area (Å²) in [5, 5.41) is 11.6. The largest absolute Gasteiger partial charge is 0.471 e. The first-order valence-corrected chi connectivity index (χ1v) is 5.49. The summed E-state index contributed by atoms with van der Waals surface area (Å²) < 4.78 is 33.0. The Kier molecular flexibility index (Phi) is 2.55. The molecule has 1 N–H and O–H groups in total. The van der Waals surface area contributed by atoms with Crippen molar-refractivity contribution in [3.63, 3.8) is 0 Å². The number of ether oxygens (including phenoxy) is 1. The Bertz CT molecular complexity index is 834. The Morgan fingerprint density at radius 2 is 2.45 bits per heavy atom. The first-order chi connectivity index (χ1) is 10.1. The van der Waals surface area contributed by atoms with Crippen LogP contribution in [0.3, 0.4) is 0 Å². The lowest BCUT2D eigenvalue weighted by Crippen LogP contribution is -2.22. The first kappa shape index (κ1) is 11.0. The molecule has 3 aromatic heterocycles. The summed E-state index contributed by atoms with van der Waals surface area (Å²) >= 11 is 0. The monoisotopic (exact) mass is 282 g/mol.